The number of carbonyl (C=O) groups excluding carboxylic acids is 1. The van der Waals surface area contributed by atoms with E-state index in [2.05, 4.69) is 17.2 Å². The van der Waals surface area contributed by atoms with Crippen molar-refractivity contribution in [3.63, 3.8) is 0 Å². The van der Waals surface area contributed by atoms with Crippen molar-refractivity contribution in [2.75, 3.05) is 13.7 Å². The summed E-state index contributed by atoms with van der Waals surface area (Å²) in [6.45, 7) is 4.79. The van der Waals surface area contributed by atoms with Crippen LogP contribution in [-0.2, 0) is 17.8 Å². The van der Waals surface area contributed by atoms with Crippen LogP contribution in [0.1, 0.15) is 58.5 Å². The van der Waals surface area contributed by atoms with Crippen molar-refractivity contribution in [1.82, 2.24) is 10.3 Å². The number of benzene rings is 1. The summed E-state index contributed by atoms with van der Waals surface area (Å²) in [7, 11) is 1.59. The molecular weight excluding hydrogens is 392 g/mol. The molecule has 0 atom stereocenters. The number of rotatable bonds is 12. The Morgan fingerprint density at radius 1 is 1.21 bits per heavy atom. The predicted molar refractivity (Wildman–Crippen MR) is 112 cm³/mol. The van der Waals surface area contributed by atoms with Crippen LogP contribution in [0.15, 0.2) is 18.2 Å². The third-order valence-corrected chi connectivity index (χ3v) is 5.47. The lowest BCUT2D eigenvalue weighted by atomic mass is 10.2. The number of aromatic nitrogens is 1. The van der Waals surface area contributed by atoms with Crippen LogP contribution in [0, 0.1) is 6.92 Å². The lowest BCUT2D eigenvalue weighted by Gasteiger charge is -2.12. The van der Waals surface area contributed by atoms with E-state index in [-0.39, 0.29) is 17.2 Å². The summed E-state index contributed by atoms with van der Waals surface area (Å²) in [5.74, 6) is 0.0877. The largest absolute Gasteiger partial charge is 0.493 e. The highest BCUT2D eigenvalue weighted by Crippen LogP contribution is 2.28. The first-order valence-electron chi connectivity index (χ1n) is 9.70. The van der Waals surface area contributed by atoms with Gasteiger partial charge in [0.25, 0.3) is 0 Å². The van der Waals surface area contributed by atoms with Crippen molar-refractivity contribution in [3.05, 3.63) is 39.3 Å². The topological polar surface area (TPSA) is 97.8 Å². The Bertz CT molecular complexity index is 834. The van der Waals surface area contributed by atoms with Crippen LogP contribution in [0.2, 0.25) is 0 Å². The van der Waals surface area contributed by atoms with Crippen molar-refractivity contribution < 1.29 is 24.2 Å². The average molecular weight is 421 g/mol. The minimum absolute atomic E-state index is 0.0505. The number of hydrogen-bond donors (Lipinski definition) is 2. The first-order chi connectivity index (χ1) is 13.9. The number of aryl methyl sites for hydroxylation is 1. The van der Waals surface area contributed by atoms with Crippen LogP contribution in [0.4, 0.5) is 0 Å². The number of nitrogens with one attached hydrogen (secondary N) is 1. The maximum absolute atomic E-state index is 12.2. The van der Waals surface area contributed by atoms with Gasteiger partial charge in [-0.2, -0.15) is 0 Å². The molecule has 0 radical (unpaired) electrons. The van der Waals surface area contributed by atoms with E-state index in [0.29, 0.717) is 35.4 Å². The van der Waals surface area contributed by atoms with Crippen LogP contribution in [-0.4, -0.2) is 35.7 Å². The molecule has 2 aromatic rings. The molecular formula is C21H28N2O5S. The Labute approximate surface area is 175 Å². The van der Waals surface area contributed by atoms with Gasteiger partial charge < -0.3 is 19.9 Å². The zero-order chi connectivity index (χ0) is 21.2. The summed E-state index contributed by atoms with van der Waals surface area (Å²) in [6, 6.07) is 5.58. The van der Waals surface area contributed by atoms with Gasteiger partial charge in [-0.05, 0) is 31.0 Å². The number of ether oxygens (including phenoxy) is 2. The summed E-state index contributed by atoms with van der Waals surface area (Å²) in [6.07, 6.45) is 4.60. The van der Waals surface area contributed by atoms with Crippen molar-refractivity contribution in [2.45, 2.75) is 52.5 Å². The fourth-order valence-electron chi connectivity index (χ4n) is 2.78. The zero-order valence-electron chi connectivity index (χ0n) is 17.1. The number of unbranched alkanes of at least 4 members (excludes halogenated alkanes) is 3. The fourth-order valence-corrected chi connectivity index (χ4v) is 3.68. The van der Waals surface area contributed by atoms with E-state index in [1.807, 2.05) is 18.2 Å². The Hall–Kier alpha value is -2.61. The summed E-state index contributed by atoms with van der Waals surface area (Å²) in [5, 5.41) is 12.4. The average Bonchev–Trinajstić information content (AvgIpc) is 3.07. The Morgan fingerprint density at radius 3 is 2.66 bits per heavy atom. The van der Waals surface area contributed by atoms with Crippen molar-refractivity contribution in [3.8, 4) is 11.5 Å². The smallest absolute Gasteiger partial charge is 0.347 e. The molecule has 158 valence electrons. The number of carboxylic acids is 1. The van der Waals surface area contributed by atoms with Crippen LogP contribution in [0.25, 0.3) is 0 Å². The zero-order valence-corrected chi connectivity index (χ0v) is 17.9. The van der Waals surface area contributed by atoms with Gasteiger partial charge in [0.15, 0.2) is 11.5 Å². The molecule has 1 aromatic carbocycles. The summed E-state index contributed by atoms with van der Waals surface area (Å²) in [4.78, 5) is 27.6. The molecule has 0 aliphatic carbocycles. The third-order valence-electron chi connectivity index (χ3n) is 4.32. The van der Waals surface area contributed by atoms with Crippen LogP contribution >= 0.6 is 11.3 Å². The third kappa shape index (κ3) is 7.05. The second-order valence-electron chi connectivity index (χ2n) is 6.68. The molecule has 29 heavy (non-hydrogen) atoms. The normalized spacial score (nSPS) is 10.6. The van der Waals surface area contributed by atoms with Crippen LogP contribution in [0.5, 0.6) is 11.5 Å². The van der Waals surface area contributed by atoms with E-state index in [4.69, 9.17) is 14.6 Å². The van der Waals surface area contributed by atoms with Gasteiger partial charge in [-0.3, -0.25) is 4.79 Å². The molecule has 0 aliphatic heterocycles. The molecule has 8 heteroatoms. The van der Waals surface area contributed by atoms with E-state index >= 15 is 0 Å². The first-order valence-corrected chi connectivity index (χ1v) is 10.5. The lowest BCUT2D eigenvalue weighted by molar-refractivity contribution is -0.120. The molecule has 0 spiro atoms. The lowest BCUT2D eigenvalue weighted by Crippen LogP contribution is -2.24. The number of carboxylic acid groups (broad SMARTS) is 1. The number of nitrogens with zero attached hydrogens (tertiary/aromatic N) is 1. The van der Waals surface area contributed by atoms with E-state index in [9.17, 15) is 9.59 Å². The van der Waals surface area contributed by atoms with Gasteiger partial charge in [0.05, 0.1) is 25.8 Å². The predicted octanol–water partition coefficient (Wildman–Crippen LogP) is 3.98. The van der Waals surface area contributed by atoms with Gasteiger partial charge in [0, 0.05) is 6.54 Å². The van der Waals surface area contributed by atoms with Crippen LogP contribution < -0.4 is 14.8 Å². The second-order valence-corrected chi connectivity index (χ2v) is 7.76. The van der Waals surface area contributed by atoms with Crippen molar-refractivity contribution in [2.24, 2.45) is 0 Å². The summed E-state index contributed by atoms with van der Waals surface area (Å²) in [5.41, 5.74) is 1.32. The minimum Gasteiger partial charge on any atom is -0.493 e. The molecule has 0 fully saturated rings. The second kappa shape index (κ2) is 11.4. The molecule has 0 saturated heterocycles. The van der Waals surface area contributed by atoms with Gasteiger partial charge in [-0.15, -0.1) is 11.3 Å². The van der Waals surface area contributed by atoms with Gasteiger partial charge in [-0.1, -0.05) is 32.3 Å². The van der Waals surface area contributed by atoms with Crippen molar-refractivity contribution >= 4 is 23.2 Å². The molecule has 1 aromatic heterocycles. The maximum Gasteiger partial charge on any atom is 0.347 e. The monoisotopic (exact) mass is 420 g/mol. The van der Waals surface area contributed by atoms with Gasteiger partial charge in [-0.25, -0.2) is 9.78 Å². The minimum atomic E-state index is -1.02. The number of thiazole rings is 1. The van der Waals surface area contributed by atoms with Gasteiger partial charge in [0.1, 0.15) is 9.88 Å². The van der Waals surface area contributed by atoms with Gasteiger partial charge >= 0.3 is 5.97 Å². The molecule has 0 unspecified atom stereocenters. The molecule has 2 N–H and O–H groups in total. The SMILES string of the molecule is CCCCCCOc1ccc(CNC(=O)Cc2nc(C)c(C(=O)O)s2)cc1OC. The number of aromatic carboxylic acids is 1. The van der Waals surface area contributed by atoms with Gasteiger partial charge in [0.2, 0.25) is 5.91 Å². The maximum atomic E-state index is 12.2. The quantitative estimate of drug-likeness (QED) is 0.504. The molecule has 1 amide bonds. The standard InChI is InChI=1S/C21H28N2O5S/c1-4-5-6-7-10-28-16-9-8-15(11-17(16)27-3)13-22-18(24)12-19-23-14(2)20(29-19)21(25)26/h8-9,11H,4-7,10,12-13H2,1-3H3,(H,22,24)(H,25,26). The number of methoxy groups -OCH3 is 1. The summed E-state index contributed by atoms with van der Waals surface area (Å²) >= 11 is 1.03. The number of carbonyl (C=O) groups is 2. The molecule has 0 bridgehead atoms. The number of amides is 1. The van der Waals surface area contributed by atoms with Crippen LogP contribution in [0.3, 0.4) is 0 Å². The summed E-state index contributed by atoms with van der Waals surface area (Å²) < 4.78 is 11.2. The first kappa shape index (κ1) is 22.7. The Kier molecular flexibility index (Phi) is 8.92. The highest BCUT2D eigenvalue weighted by Gasteiger charge is 2.16. The molecule has 1 heterocycles. The van der Waals surface area contributed by atoms with E-state index in [0.717, 1.165) is 29.7 Å². The van der Waals surface area contributed by atoms with E-state index in [1.54, 1.807) is 14.0 Å². The highest BCUT2D eigenvalue weighted by atomic mass is 32.1. The highest BCUT2D eigenvalue weighted by molar-refractivity contribution is 7.13. The van der Waals surface area contributed by atoms with E-state index < -0.39 is 5.97 Å². The molecule has 0 saturated carbocycles. The Balaban J connectivity index is 1.87. The Morgan fingerprint density at radius 2 is 2.00 bits per heavy atom. The molecule has 7 nitrogen and oxygen atoms in total. The molecule has 0 aliphatic rings. The number of hydrogen-bond acceptors (Lipinski definition) is 6. The molecule has 2 rings (SSSR count). The van der Waals surface area contributed by atoms with E-state index in [1.165, 1.54) is 12.8 Å². The fraction of sp³-hybridized carbons (Fsp3) is 0.476. The van der Waals surface area contributed by atoms with Crippen molar-refractivity contribution in [1.29, 1.82) is 0 Å².